The summed E-state index contributed by atoms with van der Waals surface area (Å²) in [5.41, 5.74) is -0.340. The van der Waals surface area contributed by atoms with E-state index in [1.807, 2.05) is 0 Å². The van der Waals surface area contributed by atoms with Gasteiger partial charge in [-0.2, -0.15) is 4.98 Å². The number of aromatic nitrogens is 4. The molecule has 0 saturated carbocycles. The molecule has 0 atom stereocenters. The highest BCUT2D eigenvalue weighted by molar-refractivity contribution is 6.01. The summed E-state index contributed by atoms with van der Waals surface area (Å²) >= 11 is 0. The van der Waals surface area contributed by atoms with E-state index in [1.165, 1.54) is 19.6 Å². The molecule has 3 rings (SSSR count). The molecular weight excluding hydrogens is 290 g/mol. The Bertz CT molecular complexity index is 849. The van der Waals surface area contributed by atoms with Crippen molar-refractivity contribution >= 4 is 11.9 Å². The van der Waals surface area contributed by atoms with E-state index >= 15 is 0 Å². The fourth-order valence-corrected chi connectivity index (χ4v) is 1.76. The number of aromatic amines is 2. The Balaban J connectivity index is 1.77. The van der Waals surface area contributed by atoms with Gasteiger partial charge in [0.15, 0.2) is 17.3 Å². The van der Waals surface area contributed by atoms with Crippen LogP contribution in [0.15, 0.2) is 39.9 Å². The molecule has 0 spiro atoms. The third-order valence-electron chi connectivity index (χ3n) is 2.81. The zero-order chi connectivity index (χ0) is 15.5. The zero-order valence-electron chi connectivity index (χ0n) is 11.4. The highest BCUT2D eigenvalue weighted by Crippen LogP contribution is 2.16. The summed E-state index contributed by atoms with van der Waals surface area (Å²) in [6.07, 6.45) is 2.81. The van der Waals surface area contributed by atoms with Crippen LogP contribution in [0.25, 0.3) is 11.6 Å². The van der Waals surface area contributed by atoms with Crippen molar-refractivity contribution in [3.63, 3.8) is 0 Å². The number of hydrogen-bond donors (Lipinski definition) is 3. The summed E-state index contributed by atoms with van der Waals surface area (Å²) in [6.45, 7) is 0. The van der Waals surface area contributed by atoms with E-state index in [2.05, 4.69) is 25.5 Å². The highest BCUT2D eigenvalue weighted by atomic mass is 16.5. The third-order valence-corrected chi connectivity index (χ3v) is 2.81. The number of carbonyl (C=O) groups is 1. The Kier molecular flexibility index (Phi) is 3.44. The van der Waals surface area contributed by atoms with Crippen LogP contribution in [0, 0.1) is 0 Å². The second-order valence-corrected chi connectivity index (χ2v) is 4.22. The van der Waals surface area contributed by atoms with E-state index in [0.29, 0.717) is 11.6 Å². The van der Waals surface area contributed by atoms with Gasteiger partial charge in [0, 0.05) is 12.3 Å². The fourth-order valence-electron chi connectivity index (χ4n) is 1.76. The summed E-state index contributed by atoms with van der Waals surface area (Å²) in [5, 5.41) is 8.94. The topological polar surface area (TPSA) is 126 Å². The normalized spacial score (nSPS) is 10.4. The first kappa shape index (κ1) is 13.6. The number of pyridine rings is 1. The number of nitrogens with one attached hydrogen (secondary N) is 3. The molecule has 0 saturated heterocycles. The number of ether oxygens (including phenoxy) is 1. The van der Waals surface area contributed by atoms with Gasteiger partial charge in [-0.05, 0) is 12.1 Å². The average Bonchev–Trinajstić information content (AvgIpc) is 3.17. The lowest BCUT2D eigenvalue weighted by molar-refractivity contribution is 0.102. The van der Waals surface area contributed by atoms with E-state index in [-0.39, 0.29) is 17.4 Å². The number of amides is 1. The SMILES string of the molecule is COc1c[nH]c(C(=O)Nc2n[nH]c(-c3ccco3)n2)cc1=O. The van der Waals surface area contributed by atoms with Crippen LogP contribution in [0.4, 0.5) is 5.95 Å². The van der Waals surface area contributed by atoms with Gasteiger partial charge in [-0.3, -0.25) is 20.0 Å². The molecule has 0 aromatic carbocycles. The van der Waals surface area contributed by atoms with Crippen molar-refractivity contribution in [1.29, 1.82) is 0 Å². The van der Waals surface area contributed by atoms with Gasteiger partial charge in [0.05, 0.1) is 13.4 Å². The molecule has 0 bridgehead atoms. The Morgan fingerprint density at radius 2 is 2.32 bits per heavy atom. The summed E-state index contributed by atoms with van der Waals surface area (Å²) in [7, 11) is 1.37. The standard InChI is InChI=1S/C13H11N5O4/c1-21-10-6-14-7(5-8(10)19)12(20)16-13-15-11(17-18-13)9-3-2-4-22-9/h2-6H,1H3,(H,14,19)(H2,15,16,17,18,20). The van der Waals surface area contributed by atoms with Crippen molar-refractivity contribution in [2.75, 3.05) is 12.4 Å². The molecule has 112 valence electrons. The van der Waals surface area contributed by atoms with Gasteiger partial charge in [0.1, 0.15) is 5.69 Å². The predicted molar refractivity (Wildman–Crippen MR) is 75.7 cm³/mol. The lowest BCUT2D eigenvalue weighted by Crippen LogP contribution is -2.18. The van der Waals surface area contributed by atoms with Crippen LogP contribution in [0.1, 0.15) is 10.5 Å². The van der Waals surface area contributed by atoms with Gasteiger partial charge in [0.2, 0.25) is 11.4 Å². The molecular formula is C13H11N5O4. The molecule has 0 aliphatic carbocycles. The lowest BCUT2D eigenvalue weighted by atomic mass is 10.3. The van der Waals surface area contributed by atoms with Gasteiger partial charge < -0.3 is 14.1 Å². The molecule has 9 nitrogen and oxygen atoms in total. The van der Waals surface area contributed by atoms with E-state index in [1.54, 1.807) is 12.1 Å². The van der Waals surface area contributed by atoms with Crippen molar-refractivity contribution in [3.05, 3.63) is 46.6 Å². The highest BCUT2D eigenvalue weighted by Gasteiger charge is 2.13. The number of nitrogens with zero attached hydrogens (tertiary/aromatic N) is 2. The second-order valence-electron chi connectivity index (χ2n) is 4.22. The molecule has 0 radical (unpaired) electrons. The van der Waals surface area contributed by atoms with Gasteiger partial charge in [0.25, 0.3) is 5.91 Å². The smallest absolute Gasteiger partial charge is 0.274 e. The predicted octanol–water partition coefficient (Wildman–Crippen LogP) is 1.01. The largest absolute Gasteiger partial charge is 0.491 e. The molecule has 3 heterocycles. The fraction of sp³-hybridized carbons (Fsp3) is 0.0769. The van der Waals surface area contributed by atoms with Gasteiger partial charge in [-0.25, -0.2) is 0 Å². The second kappa shape index (κ2) is 5.56. The van der Waals surface area contributed by atoms with Crippen LogP contribution in [0.5, 0.6) is 5.75 Å². The summed E-state index contributed by atoms with van der Waals surface area (Å²) < 4.78 is 9.98. The number of carbonyl (C=O) groups excluding carboxylic acids is 1. The number of hydrogen-bond acceptors (Lipinski definition) is 6. The minimum atomic E-state index is -0.551. The average molecular weight is 301 g/mol. The van der Waals surface area contributed by atoms with Gasteiger partial charge >= 0.3 is 0 Å². The maximum absolute atomic E-state index is 12.0. The van der Waals surface area contributed by atoms with Gasteiger partial charge in [-0.1, -0.05) is 0 Å². The maximum atomic E-state index is 12.0. The van der Waals surface area contributed by atoms with Gasteiger partial charge in [-0.15, -0.1) is 5.10 Å². The first-order chi connectivity index (χ1) is 10.7. The van der Waals surface area contributed by atoms with E-state index < -0.39 is 11.3 Å². The van der Waals surface area contributed by atoms with Crippen molar-refractivity contribution < 1.29 is 13.9 Å². The quantitative estimate of drug-likeness (QED) is 0.660. The number of furan rings is 1. The van der Waals surface area contributed by atoms with Crippen molar-refractivity contribution in [1.82, 2.24) is 20.2 Å². The molecule has 0 fully saturated rings. The third kappa shape index (κ3) is 2.59. The first-order valence-corrected chi connectivity index (χ1v) is 6.21. The molecule has 22 heavy (non-hydrogen) atoms. The molecule has 0 aliphatic rings. The van der Waals surface area contributed by atoms with Crippen LogP contribution < -0.4 is 15.5 Å². The molecule has 3 N–H and O–H groups in total. The number of H-pyrrole nitrogens is 2. The summed E-state index contributed by atoms with van der Waals surface area (Å²) in [6, 6.07) is 4.54. The number of anilines is 1. The van der Waals surface area contributed by atoms with Crippen LogP contribution in [0.2, 0.25) is 0 Å². The summed E-state index contributed by atoms with van der Waals surface area (Å²) in [5.74, 6) is 0.502. The van der Waals surface area contributed by atoms with Crippen LogP contribution in [-0.4, -0.2) is 33.2 Å². The van der Waals surface area contributed by atoms with Crippen LogP contribution >= 0.6 is 0 Å². The molecule has 0 aliphatic heterocycles. The van der Waals surface area contributed by atoms with Crippen LogP contribution in [-0.2, 0) is 0 Å². The van der Waals surface area contributed by atoms with E-state index in [4.69, 9.17) is 9.15 Å². The number of rotatable bonds is 4. The minimum absolute atomic E-state index is 0.0630. The maximum Gasteiger partial charge on any atom is 0.274 e. The van der Waals surface area contributed by atoms with Crippen molar-refractivity contribution in [2.45, 2.75) is 0 Å². The van der Waals surface area contributed by atoms with E-state index in [0.717, 1.165) is 6.07 Å². The Labute approximate surface area is 123 Å². The first-order valence-electron chi connectivity index (χ1n) is 6.21. The summed E-state index contributed by atoms with van der Waals surface area (Å²) in [4.78, 5) is 30.4. The monoisotopic (exact) mass is 301 g/mol. The molecule has 9 heteroatoms. The Hall–Kier alpha value is -3.36. The van der Waals surface area contributed by atoms with Crippen molar-refractivity contribution in [2.24, 2.45) is 0 Å². The lowest BCUT2D eigenvalue weighted by Gasteiger charge is -2.02. The van der Waals surface area contributed by atoms with Crippen LogP contribution in [0.3, 0.4) is 0 Å². The Morgan fingerprint density at radius 3 is 3.00 bits per heavy atom. The molecule has 3 aromatic heterocycles. The molecule has 0 unspecified atom stereocenters. The molecule has 3 aromatic rings. The minimum Gasteiger partial charge on any atom is -0.491 e. The number of methoxy groups -OCH3 is 1. The Morgan fingerprint density at radius 1 is 1.45 bits per heavy atom. The molecule has 1 amide bonds. The zero-order valence-corrected chi connectivity index (χ0v) is 11.4. The van der Waals surface area contributed by atoms with E-state index in [9.17, 15) is 9.59 Å². The van der Waals surface area contributed by atoms with Crippen molar-refractivity contribution in [3.8, 4) is 17.3 Å².